The number of aliphatic carboxylic acids is 1. The zero-order valence-electron chi connectivity index (χ0n) is 27.2. The Balaban J connectivity index is 1.49. The molecule has 0 aliphatic carbocycles. The van der Waals surface area contributed by atoms with Crippen molar-refractivity contribution in [2.45, 2.75) is 57.3 Å². The minimum absolute atomic E-state index is 0.0890. The Morgan fingerprint density at radius 3 is 2.54 bits per heavy atom. The molecule has 3 heterocycles. The molecule has 0 bridgehead atoms. The van der Waals surface area contributed by atoms with Crippen LogP contribution < -0.4 is 10.6 Å². The standard InChI is InChI=1S/C31H37N6O12P/c1-5-12-44-31(42)36-26(30(40)41)19(3)49-50(43,45-13-6-2)46-16-23-22(47-20(4)38)15-25(48-23)37-18-34-27-28(32-17-33-29(27)37)35-24(39)14-21-10-8-7-9-11-21/h5-11,17-19,22-23,25-26H,1-2,12-16H2,3-4H3,(H,36,42)(H,40,41)(H,32,33,35,39)/t19-,22+,23-,25-,26+,50?/m1/s1. The van der Waals surface area contributed by atoms with Gasteiger partial charge in [-0.15, -0.1) is 6.58 Å². The lowest BCUT2D eigenvalue weighted by Crippen LogP contribution is -2.48. The van der Waals surface area contributed by atoms with Gasteiger partial charge in [0.05, 0.1) is 32.1 Å². The number of anilines is 1. The first-order valence-corrected chi connectivity index (χ1v) is 16.7. The highest BCUT2D eigenvalue weighted by Crippen LogP contribution is 2.51. The van der Waals surface area contributed by atoms with E-state index >= 15 is 0 Å². The van der Waals surface area contributed by atoms with Crippen LogP contribution in [0.3, 0.4) is 0 Å². The number of nitrogens with zero attached hydrogens (tertiary/aromatic N) is 4. The lowest BCUT2D eigenvalue weighted by Gasteiger charge is -2.26. The zero-order valence-corrected chi connectivity index (χ0v) is 28.1. The number of carboxylic acids is 1. The summed E-state index contributed by atoms with van der Waals surface area (Å²) in [5.74, 6) is -2.28. The van der Waals surface area contributed by atoms with Gasteiger partial charge >= 0.3 is 25.9 Å². The van der Waals surface area contributed by atoms with E-state index in [1.807, 2.05) is 30.3 Å². The average Bonchev–Trinajstić information content (AvgIpc) is 3.69. The Bertz CT molecular complexity index is 1740. The molecule has 1 saturated heterocycles. The molecule has 1 fully saturated rings. The molecule has 1 aliphatic heterocycles. The Kier molecular flexibility index (Phi) is 13.3. The van der Waals surface area contributed by atoms with Gasteiger partial charge in [-0.1, -0.05) is 49.1 Å². The number of imidazole rings is 1. The van der Waals surface area contributed by atoms with Crippen molar-refractivity contribution in [2.75, 3.05) is 25.1 Å². The summed E-state index contributed by atoms with van der Waals surface area (Å²) in [6, 6.07) is 7.44. The highest BCUT2D eigenvalue weighted by Gasteiger charge is 2.43. The summed E-state index contributed by atoms with van der Waals surface area (Å²) in [5.41, 5.74) is 1.40. The van der Waals surface area contributed by atoms with Crippen LogP contribution in [0.15, 0.2) is 68.3 Å². The summed E-state index contributed by atoms with van der Waals surface area (Å²) in [6.07, 6.45) is 0.116. The third kappa shape index (κ3) is 10.3. The van der Waals surface area contributed by atoms with Crippen LogP contribution in [-0.4, -0.2) is 92.7 Å². The van der Waals surface area contributed by atoms with E-state index in [1.54, 1.807) is 4.57 Å². The number of phosphoric acid groups is 1. The topological polar surface area (TPSA) is 229 Å². The summed E-state index contributed by atoms with van der Waals surface area (Å²) in [4.78, 5) is 61.4. The first-order valence-electron chi connectivity index (χ1n) is 15.2. The molecule has 3 aromatic rings. The van der Waals surface area contributed by atoms with Gasteiger partial charge in [-0.05, 0) is 12.5 Å². The number of phosphoric ester groups is 1. The lowest BCUT2D eigenvalue weighted by molar-refractivity contribution is -0.150. The molecule has 19 heteroatoms. The first-order chi connectivity index (χ1) is 23.9. The van der Waals surface area contributed by atoms with Gasteiger partial charge in [0.25, 0.3) is 0 Å². The van der Waals surface area contributed by atoms with Crippen LogP contribution in [0, 0.1) is 0 Å². The second kappa shape index (κ2) is 17.6. The smallest absolute Gasteiger partial charge is 0.475 e. The molecule has 50 heavy (non-hydrogen) atoms. The Labute approximate surface area is 286 Å². The number of rotatable bonds is 18. The fourth-order valence-corrected chi connectivity index (χ4v) is 6.17. The second-order valence-corrected chi connectivity index (χ2v) is 12.4. The maximum Gasteiger partial charge on any atom is 0.475 e. The first kappa shape index (κ1) is 37.8. The Morgan fingerprint density at radius 1 is 1.12 bits per heavy atom. The Morgan fingerprint density at radius 2 is 1.86 bits per heavy atom. The van der Waals surface area contributed by atoms with Crippen molar-refractivity contribution in [3.8, 4) is 0 Å². The van der Waals surface area contributed by atoms with E-state index in [-0.39, 0.29) is 43.3 Å². The number of hydrogen-bond donors (Lipinski definition) is 3. The minimum atomic E-state index is -4.57. The summed E-state index contributed by atoms with van der Waals surface area (Å²) in [5, 5.41) is 14.5. The highest BCUT2D eigenvalue weighted by atomic mass is 31.2. The predicted molar refractivity (Wildman–Crippen MR) is 175 cm³/mol. The van der Waals surface area contributed by atoms with Gasteiger partial charge in [0.2, 0.25) is 5.91 Å². The molecule has 1 aromatic carbocycles. The molecule has 2 aromatic heterocycles. The molecule has 268 valence electrons. The maximum atomic E-state index is 13.7. The van der Waals surface area contributed by atoms with E-state index in [0.717, 1.165) is 5.56 Å². The summed E-state index contributed by atoms with van der Waals surface area (Å²) >= 11 is 0. The third-order valence-electron chi connectivity index (χ3n) is 7.02. The summed E-state index contributed by atoms with van der Waals surface area (Å²) < 4.78 is 47.9. The molecule has 0 saturated carbocycles. The van der Waals surface area contributed by atoms with Gasteiger partial charge in [0.1, 0.15) is 31.4 Å². The van der Waals surface area contributed by atoms with Crippen LogP contribution in [-0.2, 0) is 53.2 Å². The van der Waals surface area contributed by atoms with Gasteiger partial charge < -0.3 is 30.0 Å². The number of carbonyl (C=O) groups is 4. The quantitative estimate of drug-likeness (QED) is 0.0974. The molecule has 4 rings (SSSR count). The number of fused-ring (bicyclic) bond motifs is 1. The second-order valence-electron chi connectivity index (χ2n) is 10.8. The number of esters is 1. The van der Waals surface area contributed by atoms with Gasteiger partial charge in [-0.3, -0.25) is 27.7 Å². The van der Waals surface area contributed by atoms with Crippen LogP contribution in [0.2, 0.25) is 0 Å². The van der Waals surface area contributed by atoms with E-state index in [2.05, 4.69) is 38.7 Å². The zero-order chi connectivity index (χ0) is 36.3. The number of amides is 2. The van der Waals surface area contributed by atoms with E-state index in [0.29, 0.717) is 5.65 Å². The predicted octanol–water partition coefficient (Wildman–Crippen LogP) is 3.32. The molecule has 6 atom stereocenters. The largest absolute Gasteiger partial charge is 0.480 e. The monoisotopic (exact) mass is 716 g/mol. The van der Waals surface area contributed by atoms with Crippen LogP contribution in [0.1, 0.15) is 32.1 Å². The van der Waals surface area contributed by atoms with Crippen molar-refractivity contribution in [3.05, 3.63) is 73.9 Å². The maximum absolute atomic E-state index is 13.7. The number of aromatic nitrogens is 4. The molecule has 3 N–H and O–H groups in total. The van der Waals surface area contributed by atoms with Crippen molar-refractivity contribution >= 4 is 48.7 Å². The molecule has 2 amide bonds. The normalized spacial score (nSPS) is 19.4. The average molecular weight is 717 g/mol. The molecule has 18 nitrogen and oxygen atoms in total. The van der Waals surface area contributed by atoms with Crippen molar-refractivity contribution < 1.29 is 56.6 Å². The van der Waals surface area contributed by atoms with Gasteiger partial charge in [0, 0.05) is 13.3 Å². The fourth-order valence-electron chi connectivity index (χ4n) is 4.82. The van der Waals surface area contributed by atoms with Crippen molar-refractivity contribution in [3.63, 3.8) is 0 Å². The molecule has 0 radical (unpaired) electrons. The van der Waals surface area contributed by atoms with E-state index < -0.39 is 63.0 Å². The van der Waals surface area contributed by atoms with Crippen LogP contribution in [0.5, 0.6) is 0 Å². The minimum Gasteiger partial charge on any atom is -0.480 e. The van der Waals surface area contributed by atoms with Gasteiger partial charge in [0.15, 0.2) is 23.0 Å². The van der Waals surface area contributed by atoms with Crippen molar-refractivity contribution in [2.24, 2.45) is 0 Å². The number of alkyl carbamates (subject to hydrolysis) is 1. The fraction of sp³-hybridized carbons (Fsp3) is 0.387. The number of carboxylic acid groups (broad SMARTS) is 1. The number of benzene rings is 1. The van der Waals surface area contributed by atoms with Crippen LogP contribution >= 0.6 is 7.82 Å². The van der Waals surface area contributed by atoms with E-state index in [9.17, 15) is 28.8 Å². The van der Waals surface area contributed by atoms with E-state index in [1.165, 1.54) is 38.7 Å². The van der Waals surface area contributed by atoms with Crippen LogP contribution in [0.4, 0.5) is 10.6 Å². The number of carbonyl (C=O) groups excluding carboxylic acids is 3. The third-order valence-corrected chi connectivity index (χ3v) is 8.54. The number of hydrogen-bond acceptors (Lipinski definition) is 14. The molecular formula is C31H37N6O12P. The molecule has 1 unspecified atom stereocenters. The van der Waals surface area contributed by atoms with Crippen molar-refractivity contribution in [1.82, 2.24) is 24.8 Å². The van der Waals surface area contributed by atoms with Crippen molar-refractivity contribution in [1.29, 1.82) is 0 Å². The number of ether oxygens (including phenoxy) is 3. The molecular weight excluding hydrogens is 679 g/mol. The summed E-state index contributed by atoms with van der Waals surface area (Å²) in [6.45, 7) is 8.33. The SMILES string of the molecule is C=CCOC(=O)N[C@H](C(=O)O)[C@@H](C)OP(=O)(OCC=C)OC[C@H]1O[C@@H](n2cnc3c(NC(=O)Cc4ccccc4)ncnc32)C[C@@H]1OC(C)=O. The summed E-state index contributed by atoms with van der Waals surface area (Å²) in [7, 11) is -4.57. The Hall–Kier alpha value is -5.00. The molecule has 0 spiro atoms. The molecule has 1 aliphatic rings. The number of nitrogens with one attached hydrogen (secondary N) is 2. The van der Waals surface area contributed by atoms with Gasteiger partial charge in [-0.25, -0.2) is 29.1 Å². The van der Waals surface area contributed by atoms with Gasteiger partial charge in [-0.2, -0.15) is 0 Å². The lowest BCUT2D eigenvalue weighted by atomic mass is 10.1. The van der Waals surface area contributed by atoms with Crippen LogP contribution in [0.25, 0.3) is 11.2 Å². The van der Waals surface area contributed by atoms with E-state index in [4.69, 9.17) is 27.8 Å². The highest BCUT2D eigenvalue weighted by molar-refractivity contribution is 7.48.